The molecule has 5 heteroatoms. The number of fused-ring (bicyclic) bond motifs is 7. The molecule has 0 aliphatic carbocycles. The fourth-order valence-corrected chi connectivity index (χ4v) is 8.79. The second-order valence-corrected chi connectivity index (χ2v) is 14.9. The predicted octanol–water partition coefficient (Wildman–Crippen LogP) is 12.1. The van der Waals surface area contributed by atoms with E-state index in [-0.39, 0.29) is 12.3 Å². The van der Waals surface area contributed by atoms with Crippen LogP contribution in [0.3, 0.4) is 0 Å². The van der Waals surface area contributed by atoms with Crippen LogP contribution < -0.4 is 20.9 Å². The molecule has 0 radical (unpaired) electrons. The highest BCUT2D eigenvalue weighted by molar-refractivity contribution is 6.13. The fraction of sp³-hybridized carbons (Fsp3) is 0.0577. The van der Waals surface area contributed by atoms with Crippen LogP contribution in [0.4, 0.5) is 17.1 Å². The molecule has 11 rings (SSSR count). The Labute approximate surface area is 332 Å². The molecule has 0 fully saturated rings. The first-order chi connectivity index (χ1) is 28.3. The third-order valence-corrected chi connectivity index (χ3v) is 11.6. The van der Waals surface area contributed by atoms with Crippen LogP contribution in [0.2, 0.25) is 0 Å². The Morgan fingerprint density at radius 2 is 1.18 bits per heavy atom. The van der Waals surface area contributed by atoms with Gasteiger partial charge in [-0.25, -0.2) is 0 Å². The summed E-state index contributed by atoms with van der Waals surface area (Å²) in [5.41, 5.74) is 15.1. The van der Waals surface area contributed by atoms with E-state index in [0.29, 0.717) is 0 Å². The summed E-state index contributed by atoms with van der Waals surface area (Å²) in [6.45, 7) is 0.767. The number of rotatable bonds is 6. The average Bonchev–Trinajstić information content (AvgIpc) is 3.70. The first kappa shape index (κ1) is 33.0. The fourth-order valence-electron chi connectivity index (χ4n) is 8.79. The van der Waals surface area contributed by atoms with Crippen molar-refractivity contribution in [3.05, 3.63) is 222 Å². The Hall–Kier alpha value is -7.37. The molecule has 57 heavy (non-hydrogen) atoms. The average molecular weight is 734 g/mol. The number of hydrogen-bond donors (Lipinski definition) is 3. The van der Waals surface area contributed by atoms with E-state index in [1.165, 1.54) is 66.4 Å². The molecule has 0 spiro atoms. The lowest BCUT2D eigenvalue weighted by molar-refractivity contribution is 0.664. The van der Waals surface area contributed by atoms with Crippen molar-refractivity contribution in [2.24, 2.45) is 4.99 Å². The van der Waals surface area contributed by atoms with Crippen LogP contribution in [0.15, 0.2) is 193 Å². The Kier molecular flexibility index (Phi) is 7.95. The zero-order chi connectivity index (χ0) is 37.7. The second-order valence-electron chi connectivity index (χ2n) is 14.9. The monoisotopic (exact) mass is 733 g/mol. The van der Waals surface area contributed by atoms with E-state index in [9.17, 15) is 0 Å². The van der Waals surface area contributed by atoms with E-state index >= 15 is 0 Å². The van der Waals surface area contributed by atoms with E-state index in [1.54, 1.807) is 0 Å². The third-order valence-electron chi connectivity index (χ3n) is 11.6. The van der Waals surface area contributed by atoms with Gasteiger partial charge in [0.15, 0.2) is 0 Å². The summed E-state index contributed by atoms with van der Waals surface area (Å²) in [6, 6.07) is 63.0. The van der Waals surface area contributed by atoms with Crippen molar-refractivity contribution in [3.63, 3.8) is 0 Å². The number of benzene rings is 8. The first-order valence-electron chi connectivity index (χ1n) is 19.6. The second kappa shape index (κ2) is 13.7. The molecule has 0 saturated heterocycles. The van der Waals surface area contributed by atoms with Crippen molar-refractivity contribution in [1.29, 1.82) is 0 Å². The topological polar surface area (TPSA) is 51.7 Å². The first-order valence-corrected chi connectivity index (χ1v) is 19.6. The van der Waals surface area contributed by atoms with Gasteiger partial charge < -0.3 is 20.9 Å². The third kappa shape index (κ3) is 5.75. The lowest BCUT2D eigenvalue weighted by atomic mass is 9.93. The minimum Gasteiger partial charge on any atom is -0.387 e. The number of aliphatic imine (C=N–C) groups is 1. The Morgan fingerprint density at radius 3 is 1.96 bits per heavy atom. The van der Waals surface area contributed by atoms with Crippen LogP contribution in [0, 0.1) is 0 Å². The zero-order valence-electron chi connectivity index (χ0n) is 31.2. The number of allylic oxidation sites excluding steroid dienone is 1. The molecule has 2 atom stereocenters. The number of nitrogens with one attached hydrogen (secondary N) is 3. The number of nitrogens with zero attached hydrogens (tertiary/aromatic N) is 2. The predicted molar refractivity (Wildman–Crippen MR) is 237 cm³/mol. The molecule has 0 bridgehead atoms. The molecule has 2 unspecified atom stereocenters. The Morgan fingerprint density at radius 1 is 0.526 bits per heavy atom. The molecule has 0 saturated carbocycles. The van der Waals surface area contributed by atoms with E-state index in [0.717, 1.165) is 34.6 Å². The van der Waals surface area contributed by atoms with Crippen LogP contribution >= 0.6 is 0 Å². The lowest BCUT2D eigenvalue weighted by Gasteiger charge is -2.31. The van der Waals surface area contributed by atoms with Crippen LogP contribution in [-0.4, -0.2) is 5.71 Å². The molecule has 8 aromatic rings. The number of hydrogen-bond acceptors (Lipinski definition) is 5. The highest BCUT2D eigenvalue weighted by Crippen LogP contribution is 2.54. The normalized spacial score (nSPS) is 16.9. The van der Waals surface area contributed by atoms with E-state index in [2.05, 4.69) is 203 Å². The maximum Gasteiger partial charge on any atom is 0.145 e. The van der Waals surface area contributed by atoms with Gasteiger partial charge in [0.05, 0.1) is 22.8 Å². The minimum atomic E-state index is -0.173. The highest BCUT2D eigenvalue weighted by Gasteiger charge is 2.37. The zero-order valence-corrected chi connectivity index (χ0v) is 31.2. The largest absolute Gasteiger partial charge is 0.387 e. The molecule has 3 N–H and O–H groups in total. The van der Waals surface area contributed by atoms with Gasteiger partial charge in [-0.15, -0.1) is 0 Å². The van der Waals surface area contributed by atoms with Gasteiger partial charge in [-0.1, -0.05) is 170 Å². The molecule has 3 heterocycles. The van der Waals surface area contributed by atoms with E-state index in [1.807, 2.05) is 12.1 Å². The smallest absolute Gasteiger partial charge is 0.145 e. The minimum absolute atomic E-state index is 0.106. The molecule has 3 aliphatic rings. The maximum atomic E-state index is 5.11. The molecular weight excluding hydrogens is 695 g/mol. The van der Waals surface area contributed by atoms with Gasteiger partial charge in [-0.05, 0) is 74.1 Å². The van der Waals surface area contributed by atoms with Crippen LogP contribution in [0.25, 0.3) is 44.4 Å². The highest BCUT2D eigenvalue weighted by atomic mass is 15.3. The van der Waals surface area contributed by atoms with Gasteiger partial charge >= 0.3 is 0 Å². The quantitative estimate of drug-likeness (QED) is 0.159. The van der Waals surface area contributed by atoms with Crippen LogP contribution in [-0.2, 0) is 6.54 Å². The Balaban J connectivity index is 0.950. The molecule has 0 aromatic heterocycles. The van der Waals surface area contributed by atoms with Gasteiger partial charge in [0.2, 0.25) is 0 Å². The maximum absolute atomic E-state index is 5.11. The number of anilines is 3. The molecular formula is C52H39N5. The molecule has 0 amide bonds. The van der Waals surface area contributed by atoms with Gasteiger partial charge in [0.25, 0.3) is 0 Å². The molecule has 3 aliphatic heterocycles. The summed E-state index contributed by atoms with van der Waals surface area (Å²) in [7, 11) is 0. The molecule has 8 aromatic carbocycles. The van der Waals surface area contributed by atoms with Crippen molar-refractivity contribution in [3.8, 4) is 11.1 Å². The van der Waals surface area contributed by atoms with E-state index in [4.69, 9.17) is 4.99 Å². The van der Waals surface area contributed by atoms with Crippen molar-refractivity contribution in [1.82, 2.24) is 10.6 Å². The van der Waals surface area contributed by atoms with Crippen molar-refractivity contribution in [2.75, 3.05) is 10.2 Å². The van der Waals surface area contributed by atoms with Crippen LogP contribution in [0.1, 0.15) is 45.7 Å². The molecule has 272 valence electrons. The summed E-state index contributed by atoms with van der Waals surface area (Å²) < 4.78 is 0. The van der Waals surface area contributed by atoms with Gasteiger partial charge in [-0.3, -0.25) is 4.99 Å². The van der Waals surface area contributed by atoms with E-state index < -0.39 is 0 Å². The van der Waals surface area contributed by atoms with Crippen molar-refractivity contribution >= 4 is 56.1 Å². The molecule has 5 nitrogen and oxygen atoms in total. The Bertz CT molecular complexity index is 2890. The standard InChI is InChI=1S/C52H39N5/c1-3-13-37(14-4-1)46-32-47(55-51(54-46)39-15-5-2-6-16-39)38-26-22-34(23-27-38)35-24-28-40(29-25-35)52-56-49-44-20-10-9-19-42(44)43-30-31-53-33-45(43)50(49)57(52)48-21-11-17-36-12-7-8-18-41(36)48/h1-32,51-53,55-56H,33H2. The van der Waals surface area contributed by atoms with Crippen molar-refractivity contribution in [2.45, 2.75) is 18.9 Å². The summed E-state index contributed by atoms with van der Waals surface area (Å²) >= 11 is 0. The lowest BCUT2D eigenvalue weighted by Crippen LogP contribution is -2.25. The summed E-state index contributed by atoms with van der Waals surface area (Å²) in [5.74, 6) is 0. The van der Waals surface area contributed by atoms with Gasteiger partial charge in [0, 0.05) is 28.6 Å². The van der Waals surface area contributed by atoms with Gasteiger partial charge in [-0.2, -0.15) is 0 Å². The summed E-state index contributed by atoms with van der Waals surface area (Å²) in [6.07, 6.45) is 6.20. The van der Waals surface area contributed by atoms with Crippen LogP contribution in [0.5, 0.6) is 0 Å². The summed E-state index contributed by atoms with van der Waals surface area (Å²) in [4.78, 5) is 7.64. The van der Waals surface area contributed by atoms with Gasteiger partial charge in [0.1, 0.15) is 12.3 Å². The summed E-state index contributed by atoms with van der Waals surface area (Å²) in [5, 5.41) is 16.2. The SMILES string of the molecule is C1=Cc2c(c3c(c4ccccc24)NC(c2ccc(-c4ccc(C5=CC(c6ccccc6)=NC(c6ccccc6)N5)cc4)cc2)N3c2cccc3ccccc23)CN1. The van der Waals surface area contributed by atoms with Crippen molar-refractivity contribution < 1.29 is 0 Å².